The summed E-state index contributed by atoms with van der Waals surface area (Å²) in [6, 6.07) is 6.78. The molecule has 1 aliphatic rings. The van der Waals surface area contributed by atoms with Crippen LogP contribution in [0.3, 0.4) is 0 Å². The van der Waals surface area contributed by atoms with Crippen LogP contribution in [0.15, 0.2) is 24.3 Å². The Bertz CT molecular complexity index is 453. The number of amides is 2. The van der Waals surface area contributed by atoms with E-state index in [-0.39, 0.29) is 11.8 Å². The summed E-state index contributed by atoms with van der Waals surface area (Å²) in [6.45, 7) is 1.65. The highest BCUT2D eigenvalue weighted by atomic mass is 16.2. The van der Waals surface area contributed by atoms with Gasteiger partial charge in [0.2, 0.25) is 5.91 Å². The van der Waals surface area contributed by atoms with E-state index in [4.69, 9.17) is 5.73 Å². The van der Waals surface area contributed by atoms with E-state index in [1.807, 2.05) is 0 Å². The van der Waals surface area contributed by atoms with Gasteiger partial charge in [-0.1, -0.05) is 12.1 Å². The fraction of sp³-hybridized carbons (Fsp3) is 0.385. The lowest BCUT2D eigenvalue weighted by Crippen LogP contribution is -2.37. The van der Waals surface area contributed by atoms with Crippen molar-refractivity contribution in [1.29, 1.82) is 0 Å². The van der Waals surface area contributed by atoms with E-state index in [2.05, 4.69) is 10.6 Å². The normalized spacial score (nSPS) is 19.2. The lowest BCUT2D eigenvalue weighted by atomic mass is 9.98. The molecule has 0 radical (unpaired) electrons. The minimum Gasteiger partial charge on any atom is -0.366 e. The minimum atomic E-state index is -0.535. The molecule has 1 aromatic rings. The van der Waals surface area contributed by atoms with Gasteiger partial charge < -0.3 is 16.4 Å². The van der Waals surface area contributed by atoms with Crippen LogP contribution in [-0.2, 0) is 4.79 Å². The molecule has 0 aliphatic carbocycles. The molecule has 4 N–H and O–H groups in total. The highest BCUT2D eigenvalue weighted by Crippen LogP contribution is 2.17. The second-order valence-electron chi connectivity index (χ2n) is 4.44. The highest BCUT2D eigenvalue weighted by Gasteiger charge is 2.21. The number of anilines is 1. The van der Waals surface area contributed by atoms with Gasteiger partial charge in [-0.15, -0.1) is 0 Å². The molecule has 1 aliphatic heterocycles. The largest absolute Gasteiger partial charge is 0.366 e. The van der Waals surface area contributed by atoms with Crippen LogP contribution in [0, 0.1) is 5.92 Å². The summed E-state index contributed by atoms with van der Waals surface area (Å²) < 4.78 is 0. The summed E-state index contributed by atoms with van der Waals surface area (Å²) in [4.78, 5) is 23.3. The van der Waals surface area contributed by atoms with Gasteiger partial charge in [0.15, 0.2) is 0 Å². The van der Waals surface area contributed by atoms with Crippen LogP contribution >= 0.6 is 0 Å². The average molecular weight is 247 g/mol. The second kappa shape index (κ2) is 5.64. The number of rotatable bonds is 3. The van der Waals surface area contributed by atoms with Gasteiger partial charge in [-0.2, -0.15) is 0 Å². The Morgan fingerprint density at radius 2 is 2.11 bits per heavy atom. The van der Waals surface area contributed by atoms with Crippen molar-refractivity contribution < 1.29 is 9.59 Å². The summed E-state index contributed by atoms with van der Waals surface area (Å²) in [5.74, 6) is -0.636. The number of benzene rings is 1. The van der Waals surface area contributed by atoms with E-state index in [0.29, 0.717) is 17.8 Å². The smallest absolute Gasteiger partial charge is 0.250 e. The van der Waals surface area contributed by atoms with Crippen molar-refractivity contribution >= 4 is 17.5 Å². The van der Waals surface area contributed by atoms with Crippen molar-refractivity contribution in [2.24, 2.45) is 11.7 Å². The first-order valence-corrected chi connectivity index (χ1v) is 6.09. The molecular weight excluding hydrogens is 230 g/mol. The predicted octanol–water partition coefficient (Wildman–Crippen LogP) is 0.724. The van der Waals surface area contributed by atoms with Crippen LogP contribution in [0.25, 0.3) is 0 Å². The quantitative estimate of drug-likeness (QED) is 0.736. The third-order valence-electron chi connectivity index (χ3n) is 3.12. The molecule has 0 aromatic heterocycles. The summed E-state index contributed by atoms with van der Waals surface area (Å²) in [5.41, 5.74) is 6.10. The van der Waals surface area contributed by atoms with Crippen molar-refractivity contribution in [3.63, 3.8) is 0 Å². The van der Waals surface area contributed by atoms with E-state index >= 15 is 0 Å². The number of carbonyl (C=O) groups is 2. The summed E-state index contributed by atoms with van der Waals surface area (Å²) in [7, 11) is 0. The topological polar surface area (TPSA) is 84.2 Å². The number of hydrogen-bond acceptors (Lipinski definition) is 3. The Labute approximate surface area is 106 Å². The van der Waals surface area contributed by atoms with Crippen molar-refractivity contribution in [2.45, 2.75) is 12.8 Å². The maximum absolute atomic E-state index is 12.0. The van der Waals surface area contributed by atoms with Gasteiger partial charge in [-0.05, 0) is 31.5 Å². The standard InChI is InChI=1S/C13H17N3O2/c14-12(17)10-5-1-2-6-11(10)16-13(18)9-4-3-7-15-8-9/h1-2,5-6,9,15H,3-4,7-8H2,(H2,14,17)(H,16,18)/t9-/m1/s1. The van der Waals surface area contributed by atoms with Gasteiger partial charge in [0.1, 0.15) is 0 Å². The molecule has 1 heterocycles. The summed E-state index contributed by atoms with van der Waals surface area (Å²) in [5, 5.41) is 5.97. The number of primary amides is 1. The van der Waals surface area contributed by atoms with Crippen molar-refractivity contribution in [1.82, 2.24) is 5.32 Å². The summed E-state index contributed by atoms with van der Waals surface area (Å²) >= 11 is 0. The first-order valence-electron chi connectivity index (χ1n) is 6.09. The minimum absolute atomic E-state index is 0.0420. The van der Waals surface area contributed by atoms with Gasteiger partial charge in [-0.3, -0.25) is 9.59 Å². The molecular formula is C13H17N3O2. The zero-order valence-electron chi connectivity index (χ0n) is 10.1. The van der Waals surface area contributed by atoms with E-state index in [0.717, 1.165) is 19.4 Å². The highest BCUT2D eigenvalue weighted by molar-refractivity contribution is 6.03. The zero-order chi connectivity index (χ0) is 13.0. The molecule has 0 spiro atoms. The van der Waals surface area contributed by atoms with Gasteiger partial charge in [0.25, 0.3) is 5.91 Å². The number of nitrogens with one attached hydrogen (secondary N) is 2. The van der Waals surface area contributed by atoms with E-state index in [1.54, 1.807) is 24.3 Å². The average Bonchev–Trinajstić information content (AvgIpc) is 2.40. The Morgan fingerprint density at radius 1 is 1.33 bits per heavy atom. The first kappa shape index (κ1) is 12.6. The maximum atomic E-state index is 12.0. The molecule has 18 heavy (non-hydrogen) atoms. The first-order chi connectivity index (χ1) is 8.68. The van der Waals surface area contributed by atoms with Gasteiger partial charge in [-0.25, -0.2) is 0 Å². The number of hydrogen-bond donors (Lipinski definition) is 3. The van der Waals surface area contributed by atoms with Crippen molar-refractivity contribution in [3.05, 3.63) is 29.8 Å². The number of carbonyl (C=O) groups excluding carboxylic acids is 2. The third-order valence-corrected chi connectivity index (χ3v) is 3.12. The van der Waals surface area contributed by atoms with Gasteiger partial charge >= 0.3 is 0 Å². The lowest BCUT2D eigenvalue weighted by molar-refractivity contribution is -0.120. The van der Waals surface area contributed by atoms with E-state index in [1.165, 1.54) is 0 Å². The van der Waals surface area contributed by atoms with E-state index in [9.17, 15) is 9.59 Å². The fourth-order valence-corrected chi connectivity index (χ4v) is 2.12. The molecule has 5 heteroatoms. The Kier molecular flexibility index (Phi) is 3.94. The van der Waals surface area contributed by atoms with Crippen LogP contribution in [0.4, 0.5) is 5.69 Å². The molecule has 0 unspecified atom stereocenters. The zero-order valence-corrected chi connectivity index (χ0v) is 10.1. The van der Waals surface area contributed by atoms with Crippen molar-refractivity contribution in [3.8, 4) is 0 Å². The lowest BCUT2D eigenvalue weighted by Gasteiger charge is -2.22. The van der Waals surface area contributed by atoms with Crippen LogP contribution in [0.5, 0.6) is 0 Å². The molecule has 1 aromatic carbocycles. The van der Waals surface area contributed by atoms with Crippen LogP contribution in [-0.4, -0.2) is 24.9 Å². The van der Waals surface area contributed by atoms with E-state index < -0.39 is 5.91 Å². The number of para-hydroxylation sites is 1. The van der Waals surface area contributed by atoms with Crippen LogP contribution in [0.1, 0.15) is 23.2 Å². The monoisotopic (exact) mass is 247 g/mol. The molecule has 96 valence electrons. The molecule has 2 amide bonds. The molecule has 0 saturated carbocycles. The second-order valence-corrected chi connectivity index (χ2v) is 4.44. The summed E-state index contributed by atoms with van der Waals surface area (Å²) in [6.07, 6.45) is 1.87. The number of nitrogens with two attached hydrogens (primary N) is 1. The van der Waals surface area contributed by atoms with Crippen molar-refractivity contribution in [2.75, 3.05) is 18.4 Å². The number of piperidine rings is 1. The molecule has 0 bridgehead atoms. The Balaban J connectivity index is 2.08. The fourth-order valence-electron chi connectivity index (χ4n) is 2.12. The predicted molar refractivity (Wildman–Crippen MR) is 69.2 cm³/mol. The Hall–Kier alpha value is -1.88. The Morgan fingerprint density at radius 3 is 2.78 bits per heavy atom. The third kappa shape index (κ3) is 2.87. The molecule has 1 fully saturated rings. The van der Waals surface area contributed by atoms with Gasteiger partial charge in [0.05, 0.1) is 17.2 Å². The maximum Gasteiger partial charge on any atom is 0.250 e. The van der Waals surface area contributed by atoms with Gasteiger partial charge in [0, 0.05) is 6.54 Å². The molecule has 2 rings (SSSR count). The van der Waals surface area contributed by atoms with Crippen LogP contribution < -0.4 is 16.4 Å². The molecule has 1 saturated heterocycles. The SMILES string of the molecule is NC(=O)c1ccccc1NC(=O)[C@@H]1CCCNC1. The van der Waals surface area contributed by atoms with Crippen LogP contribution in [0.2, 0.25) is 0 Å². The molecule has 1 atom stereocenters. The molecule has 5 nitrogen and oxygen atoms in total.